The Morgan fingerprint density at radius 2 is 1.35 bits per heavy atom. The third kappa shape index (κ3) is 4.38. The van der Waals surface area contributed by atoms with Gasteiger partial charge >= 0.3 is 5.95 Å². The lowest BCUT2D eigenvalue weighted by molar-refractivity contribution is -0.657. The van der Waals surface area contributed by atoms with Crippen LogP contribution in [0.25, 0.3) is 0 Å². The molecule has 132 valence electrons. The van der Waals surface area contributed by atoms with Gasteiger partial charge in [0.1, 0.15) is 11.4 Å². The van der Waals surface area contributed by atoms with Crippen molar-refractivity contribution in [2.45, 2.75) is 6.92 Å². The van der Waals surface area contributed by atoms with Gasteiger partial charge in [0, 0.05) is 5.11 Å². The van der Waals surface area contributed by atoms with Gasteiger partial charge in [-0.1, -0.05) is 5.11 Å². The van der Waals surface area contributed by atoms with Crippen LogP contribution in [0.3, 0.4) is 0 Å². The van der Waals surface area contributed by atoms with Crippen molar-refractivity contribution in [1.82, 2.24) is 4.57 Å². The summed E-state index contributed by atoms with van der Waals surface area (Å²) in [5.41, 5.74) is 2.28. The van der Waals surface area contributed by atoms with E-state index in [1.54, 1.807) is 0 Å². The molecule has 7 heteroatoms. The van der Waals surface area contributed by atoms with Gasteiger partial charge in [-0.2, -0.15) is 10.2 Å². The van der Waals surface area contributed by atoms with Crippen LogP contribution >= 0.6 is 0 Å². The zero-order chi connectivity index (χ0) is 18.4. The summed E-state index contributed by atoms with van der Waals surface area (Å²) in [6, 6.07) is 14.9. The number of aryl methyl sites for hydroxylation is 2. The number of benzene rings is 2. The Kier molecular flexibility index (Phi) is 5.48. The van der Waals surface area contributed by atoms with Gasteiger partial charge in [-0.25, -0.2) is 9.13 Å². The maximum Gasteiger partial charge on any atom is 0.421 e. The van der Waals surface area contributed by atoms with E-state index < -0.39 is 0 Å². The van der Waals surface area contributed by atoms with Crippen LogP contribution in [0.15, 0.2) is 81.4 Å². The molecule has 1 aromatic heterocycles. The largest absolute Gasteiger partial charge is 0.494 e. The van der Waals surface area contributed by atoms with Crippen LogP contribution in [0.2, 0.25) is 0 Å². The highest BCUT2D eigenvalue weighted by atomic mass is 16.5. The minimum absolute atomic E-state index is 0.646. The smallest absolute Gasteiger partial charge is 0.421 e. The van der Waals surface area contributed by atoms with Crippen molar-refractivity contribution in [3.05, 3.63) is 60.9 Å². The summed E-state index contributed by atoms with van der Waals surface area (Å²) in [6.07, 6.45) is 3.86. The number of aromatic nitrogens is 2. The summed E-state index contributed by atoms with van der Waals surface area (Å²) >= 11 is 0. The third-order valence-corrected chi connectivity index (χ3v) is 3.68. The van der Waals surface area contributed by atoms with Crippen LogP contribution in [0.4, 0.5) is 23.0 Å². The molecule has 26 heavy (non-hydrogen) atoms. The predicted octanol–water partition coefficient (Wildman–Crippen LogP) is 5.08. The van der Waals surface area contributed by atoms with Crippen molar-refractivity contribution < 1.29 is 9.30 Å². The minimum Gasteiger partial charge on any atom is -0.494 e. The van der Waals surface area contributed by atoms with Gasteiger partial charge in [-0.05, 0) is 55.5 Å². The number of imidazole rings is 1. The van der Waals surface area contributed by atoms with E-state index in [4.69, 9.17) is 4.74 Å². The number of nitrogens with zero attached hydrogens (tertiary/aromatic N) is 6. The standard InChI is InChI=1S/C19H21N6O/c1-4-26-18-11-9-17(10-12-18)21-20-15-5-7-16(8-6-15)22-23-19-24(2)13-14-25(19)3/h5-14H,4H2,1-3H3/q+1. The lowest BCUT2D eigenvalue weighted by Crippen LogP contribution is -2.25. The SMILES string of the molecule is CCOc1ccc(/N=N/c2ccc(/N=N/c3n(C)cc[n+]3C)cc2)cc1. The van der Waals surface area contributed by atoms with Gasteiger partial charge in [0.15, 0.2) is 0 Å². The van der Waals surface area contributed by atoms with Crippen molar-refractivity contribution in [3.8, 4) is 5.75 Å². The molecule has 0 atom stereocenters. The van der Waals surface area contributed by atoms with Crippen LogP contribution in [0, 0.1) is 0 Å². The van der Waals surface area contributed by atoms with Crippen LogP contribution in [-0.2, 0) is 14.1 Å². The monoisotopic (exact) mass is 349 g/mol. The fourth-order valence-corrected chi connectivity index (χ4v) is 2.30. The molecule has 0 amide bonds. The van der Waals surface area contributed by atoms with Crippen molar-refractivity contribution in [2.24, 2.45) is 34.6 Å². The molecule has 0 bridgehead atoms. The molecule has 3 aromatic rings. The van der Waals surface area contributed by atoms with E-state index in [2.05, 4.69) is 20.5 Å². The highest BCUT2D eigenvalue weighted by Gasteiger charge is 2.10. The number of rotatable bonds is 6. The van der Waals surface area contributed by atoms with E-state index >= 15 is 0 Å². The molecule has 1 heterocycles. The number of hydrogen-bond donors (Lipinski definition) is 0. The van der Waals surface area contributed by atoms with Gasteiger partial charge in [-0.3, -0.25) is 0 Å². The Morgan fingerprint density at radius 1 is 0.846 bits per heavy atom. The second kappa shape index (κ2) is 8.15. The highest BCUT2D eigenvalue weighted by molar-refractivity contribution is 5.48. The molecule has 2 aromatic carbocycles. The molecule has 0 N–H and O–H groups in total. The zero-order valence-electron chi connectivity index (χ0n) is 15.1. The number of azo groups is 2. The van der Waals surface area contributed by atoms with E-state index in [1.807, 2.05) is 91.1 Å². The highest BCUT2D eigenvalue weighted by Crippen LogP contribution is 2.23. The van der Waals surface area contributed by atoms with E-state index in [1.165, 1.54) is 0 Å². The molecule has 7 nitrogen and oxygen atoms in total. The fourth-order valence-electron chi connectivity index (χ4n) is 2.30. The minimum atomic E-state index is 0.646. The molecule has 0 saturated carbocycles. The molecular formula is C19H21N6O+. The van der Waals surface area contributed by atoms with Crippen molar-refractivity contribution in [1.29, 1.82) is 0 Å². The third-order valence-electron chi connectivity index (χ3n) is 3.68. The summed E-state index contributed by atoms with van der Waals surface area (Å²) in [6.45, 7) is 2.60. The van der Waals surface area contributed by atoms with Crippen molar-refractivity contribution in [3.63, 3.8) is 0 Å². The average molecular weight is 349 g/mol. The quantitative estimate of drug-likeness (QED) is 0.452. The van der Waals surface area contributed by atoms with Gasteiger partial charge in [0.2, 0.25) is 0 Å². The normalized spacial score (nSPS) is 11.5. The number of hydrogen-bond acceptors (Lipinski definition) is 5. The first kappa shape index (κ1) is 17.5. The summed E-state index contributed by atoms with van der Waals surface area (Å²) in [5.74, 6) is 1.59. The Morgan fingerprint density at radius 3 is 1.81 bits per heavy atom. The molecule has 0 aliphatic rings. The van der Waals surface area contributed by atoms with Crippen LogP contribution in [0.5, 0.6) is 5.75 Å². The fraction of sp³-hybridized carbons (Fsp3) is 0.211. The molecule has 0 saturated heterocycles. The van der Waals surface area contributed by atoms with Gasteiger partial charge in [-0.15, -0.1) is 0 Å². The molecule has 0 aliphatic carbocycles. The van der Waals surface area contributed by atoms with Crippen molar-refractivity contribution >= 4 is 23.0 Å². The summed E-state index contributed by atoms with van der Waals surface area (Å²) in [7, 11) is 3.86. The molecule has 0 spiro atoms. The van der Waals surface area contributed by atoms with Gasteiger partial charge in [0.25, 0.3) is 0 Å². The lowest BCUT2D eigenvalue weighted by Gasteiger charge is -2.01. The zero-order valence-corrected chi connectivity index (χ0v) is 15.1. The molecule has 0 aliphatic heterocycles. The van der Waals surface area contributed by atoms with E-state index in [9.17, 15) is 0 Å². The molecule has 0 unspecified atom stereocenters. The second-order valence-electron chi connectivity index (χ2n) is 5.66. The Hall–Kier alpha value is -3.35. The summed E-state index contributed by atoms with van der Waals surface area (Å²) in [5, 5.41) is 17.0. The van der Waals surface area contributed by atoms with Gasteiger partial charge < -0.3 is 4.74 Å². The number of ether oxygens (including phenoxy) is 1. The van der Waals surface area contributed by atoms with E-state index in [0.717, 1.165) is 28.8 Å². The van der Waals surface area contributed by atoms with Crippen molar-refractivity contribution in [2.75, 3.05) is 6.61 Å². The summed E-state index contributed by atoms with van der Waals surface area (Å²) < 4.78 is 9.22. The van der Waals surface area contributed by atoms with Crippen LogP contribution in [0.1, 0.15) is 6.92 Å². The molecule has 3 rings (SSSR count). The first-order chi connectivity index (χ1) is 12.7. The Balaban J connectivity index is 1.65. The maximum absolute atomic E-state index is 5.41. The topological polar surface area (TPSA) is 67.5 Å². The van der Waals surface area contributed by atoms with Crippen LogP contribution in [-0.4, -0.2) is 11.2 Å². The first-order valence-electron chi connectivity index (χ1n) is 8.33. The molecule has 0 fully saturated rings. The Bertz CT molecular complexity index is 891. The Labute approximate surface area is 152 Å². The average Bonchev–Trinajstić information content (AvgIpc) is 2.98. The molecular weight excluding hydrogens is 328 g/mol. The predicted molar refractivity (Wildman–Crippen MR) is 99.0 cm³/mol. The first-order valence-corrected chi connectivity index (χ1v) is 8.33. The maximum atomic E-state index is 5.41. The lowest BCUT2D eigenvalue weighted by atomic mass is 10.3. The summed E-state index contributed by atoms with van der Waals surface area (Å²) in [4.78, 5) is 0. The van der Waals surface area contributed by atoms with Gasteiger partial charge in [0.05, 0.1) is 44.5 Å². The van der Waals surface area contributed by atoms with E-state index in [-0.39, 0.29) is 0 Å². The second-order valence-corrected chi connectivity index (χ2v) is 5.66. The molecule has 0 radical (unpaired) electrons. The van der Waals surface area contributed by atoms with E-state index in [0.29, 0.717) is 6.61 Å². The van der Waals surface area contributed by atoms with Crippen LogP contribution < -0.4 is 9.30 Å².